The second-order valence-corrected chi connectivity index (χ2v) is 3.69. The number of nitrogens with one attached hydrogen (secondary N) is 1. The van der Waals surface area contributed by atoms with Crippen molar-refractivity contribution < 1.29 is 0 Å². The molecule has 1 aromatic carbocycles. The molecular weight excluding hydrogens is 172 g/mol. The van der Waals surface area contributed by atoms with Gasteiger partial charge in [0.25, 0.3) is 0 Å². The summed E-state index contributed by atoms with van der Waals surface area (Å²) in [5.41, 5.74) is 2.56. The van der Waals surface area contributed by atoms with Crippen molar-refractivity contribution in [2.75, 3.05) is 26.0 Å². The van der Waals surface area contributed by atoms with Crippen molar-refractivity contribution in [3.63, 3.8) is 0 Å². The summed E-state index contributed by atoms with van der Waals surface area (Å²) < 4.78 is 0. The predicted octanol–water partition coefficient (Wildman–Crippen LogP) is 2.57. The predicted molar refractivity (Wildman–Crippen MR) is 62.6 cm³/mol. The van der Waals surface area contributed by atoms with Crippen LogP contribution in [0.3, 0.4) is 0 Å². The van der Waals surface area contributed by atoms with Crippen LogP contribution in [0.4, 0.5) is 5.69 Å². The maximum Gasteiger partial charge on any atom is 0.0340 e. The molecular formula is C12H20N2. The molecule has 0 saturated carbocycles. The Morgan fingerprint density at radius 1 is 1.36 bits per heavy atom. The molecule has 2 nitrogen and oxygen atoms in total. The Morgan fingerprint density at radius 3 is 2.79 bits per heavy atom. The first kappa shape index (κ1) is 11.1. The molecule has 0 aromatic heterocycles. The van der Waals surface area contributed by atoms with Crippen LogP contribution in [0.1, 0.15) is 18.9 Å². The minimum Gasteiger partial charge on any atom is -0.388 e. The van der Waals surface area contributed by atoms with Crippen LogP contribution in [-0.2, 0) is 6.54 Å². The van der Waals surface area contributed by atoms with Crippen molar-refractivity contribution in [3.8, 4) is 0 Å². The van der Waals surface area contributed by atoms with Gasteiger partial charge in [0.05, 0.1) is 0 Å². The lowest BCUT2D eigenvalue weighted by molar-refractivity contribution is 0.327. The highest BCUT2D eigenvalue weighted by Crippen LogP contribution is 2.11. The van der Waals surface area contributed by atoms with Gasteiger partial charge in [0.15, 0.2) is 0 Å². The summed E-state index contributed by atoms with van der Waals surface area (Å²) in [5.74, 6) is 0. The Kier molecular flexibility index (Phi) is 4.47. The fourth-order valence-electron chi connectivity index (χ4n) is 1.60. The molecule has 0 aliphatic carbocycles. The third-order valence-corrected chi connectivity index (χ3v) is 2.27. The first-order valence-electron chi connectivity index (χ1n) is 5.21. The van der Waals surface area contributed by atoms with Crippen molar-refractivity contribution in [2.24, 2.45) is 0 Å². The molecule has 0 spiro atoms. The Hall–Kier alpha value is -1.02. The summed E-state index contributed by atoms with van der Waals surface area (Å²) in [7, 11) is 4.12. The lowest BCUT2D eigenvalue weighted by Crippen LogP contribution is -2.18. The Balaban J connectivity index is 2.57. The minimum absolute atomic E-state index is 1.03. The monoisotopic (exact) mass is 192 g/mol. The quantitative estimate of drug-likeness (QED) is 0.771. The topological polar surface area (TPSA) is 15.3 Å². The van der Waals surface area contributed by atoms with Crippen molar-refractivity contribution in [1.82, 2.24) is 4.90 Å². The van der Waals surface area contributed by atoms with E-state index in [9.17, 15) is 0 Å². The van der Waals surface area contributed by atoms with E-state index in [4.69, 9.17) is 0 Å². The van der Waals surface area contributed by atoms with E-state index in [0.717, 1.165) is 13.1 Å². The van der Waals surface area contributed by atoms with Crippen LogP contribution in [-0.4, -0.2) is 25.5 Å². The van der Waals surface area contributed by atoms with Gasteiger partial charge in [0.1, 0.15) is 0 Å². The van der Waals surface area contributed by atoms with Crippen molar-refractivity contribution >= 4 is 5.69 Å². The van der Waals surface area contributed by atoms with E-state index >= 15 is 0 Å². The van der Waals surface area contributed by atoms with Crippen molar-refractivity contribution in [1.29, 1.82) is 0 Å². The van der Waals surface area contributed by atoms with Gasteiger partial charge in [-0.2, -0.15) is 0 Å². The van der Waals surface area contributed by atoms with E-state index in [1.165, 1.54) is 17.7 Å². The largest absolute Gasteiger partial charge is 0.388 e. The molecule has 0 aliphatic heterocycles. The summed E-state index contributed by atoms with van der Waals surface area (Å²) in [6.07, 6.45) is 1.21. The molecule has 0 heterocycles. The summed E-state index contributed by atoms with van der Waals surface area (Å²) >= 11 is 0. The first-order chi connectivity index (χ1) is 6.76. The Morgan fingerprint density at radius 2 is 2.14 bits per heavy atom. The molecule has 0 amide bonds. The molecule has 0 fully saturated rings. The van der Waals surface area contributed by atoms with E-state index in [1.807, 2.05) is 7.05 Å². The highest BCUT2D eigenvalue weighted by molar-refractivity contribution is 5.44. The van der Waals surface area contributed by atoms with Crippen LogP contribution in [0, 0.1) is 0 Å². The first-order valence-corrected chi connectivity index (χ1v) is 5.21. The van der Waals surface area contributed by atoms with Crippen LogP contribution in [0.15, 0.2) is 24.3 Å². The fraction of sp³-hybridized carbons (Fsp3) is 0.500. The van der Waals surface area contributed by atoms with Gasteiger partial charge in [-0.3, -0.25) is 0 Å². The van der Waals surface area contributed by atoms with Crippen LogP contribution >= 0.6 is 0 Å². The van der Waals surface area contributed by atoms with E-state index in [2.05, 4.69) is 48.5 Å². The van der Waals surface area contributed by atoms with Gasteiger partial charge >= 0.3 is 0 Å². The summed E-state index contributed by atoms with van der Waals surface area (Å²) in [4.78, 5) is 2.34. The van der Waals surface area contributed by atoms with Gasteiger partial charge in [-0.1, -0.05) is 19.1 Å². The minimum atomic E-state index is 1.03. The lowest BCUT2D eigenvalue weighted by Gasteiger charge is -2.15. The van der Waals surface area contributed by atoms with Gasteiger partial charge in [0, 0.05) is 19.3 Å². The average Bonchev–Trinajstić information content (AvgIpc) is 2.18. The highest BCUT2D eigenvalue weighted by atomic mass is 15.1. The highest BCUT2D eigenvalue weighted by Gasteiger charge is 1.99. The Bertz CT molecular complexity index is 271. The standard InChI is InChI=1S/C12H20N2/c1-4-8-14(3)10-11-6-5-7-12(9-11)13-2/h5-7,9,13H,4,8,10H2,1-3H3. The molecule has 0 radical (unpaired) electrons. The number of hydrogen-bond donors (Lipinski definition) is 1. The maximum absolute atomic E-state index is 3.15. The third-order valence-electron chi connectivity index (χ3n) is 2.27. The normalized spacial score (nSPS) is 10.6. The SMILES string of the molecule is CCCN(C)Cc1cccc(NC)c1. The van der Waals surface area contributed by atoms with Gasteiger partial charge in [-0.15, -0.1) is 0 Å². The molecule has 0 unspecified atom stereocenters. The van der Waals surface area contributed by atoms with Gasteiger partial charge in [0.2, 0.25) is 0 Å². The van der Waals surface area contributed by atoms with Crippen LogP contribution in [0.5, 0.6) is 0 Å². The lowest BCUT2D eigenvalue weighted by atomic mass is 10.2. The van der Waals surface area contributed by atoms with Gasteiger partial charge < -0.3 is 10.2 Å². The zero-order chi connectivity index (χ0) is 10.4. The van der Waals surface area contributed by atoms with E-state index in [1.54, 1.807) is 0 Å². The zero-order valence-corrected chi connectivity index (χ0v) is 9.38. The molecule has 1 N–H and O–H groups in total. The zero-order valence-electron chi connectivity index (χ0n) is 9.38. The molecule has 78 valence electrons. The summed E-state index contributed by atoms with van der Waals surface area (Å²) in [6.45, 7) is 4.40. The van der Waals surface area contributed by atoms with Crippen molar-refractivity contribution in [2.45, 2.75) is 19.9 Å². The number of rotatable bonds is 5. The third kappa shape index (κ3) is 3.38. The van der Waals surface area contributed by atoms with Crippen LogP contribution in [0.2, 0.25) is 0 Å². The molecule has 0 aliphatic rings. The molecule has 1 aromatic rings. The van der Waals surface area contributed by atoms with Crippen LogP contribution in [0.25, 0.3) is 0 Å². The smallest absolute Gasteiger partial charge is 0.0340 e. The molecule has 0 saturated heterocycles. The average molecular weight is 192 g/mol. The fourth-order valence-corrected chi connectivity index (χ4v) is 1.60. The van der Waals surface area contributed by atoms with Crippen LogP contribution < -0.4 is 5.32 Å². The molecule has 2 heteroatoms. The number of benzene rings is 1. The van der Waals surface area contributed by atoms with Crippen molar-refractivity contribution in [3.05, 3.63) is 29.8 Å². The van der Waals surface area contributed by atoms with E-state index < -0.39 is 0 Å². The number of anilines is 1. The summed E-state index contributed by atoms with van der Waals surface area (Å²) in [5, 5.41) is 3.15. The summed E-state index contributed by atoms with van der Waals surface area (Å²) in [6, 6.07) is 8.56. The molecule has 14 heavy (non-hydrogen) atoms. The van der Waals surface area contributed by atoms with Gasteiger partial charge in [-0.25, -0.2) is 0 Å². The molecule has 0 atom stereocenters. The number of hydrogen-bond acceptors (Lipinski definition) is 2. The van der Waals surface area contributed by atoms with Gasteiger partial charge in [-0.05, 0) is 37.7 Å². The molecule has 0 bridgehead atoms. The van der Waals surface area contributed by atoms with E-state index in [-0.39, 0.29) is 0 Å². The van der Waals surface area contributed by atoms with E-state index in [0.29, 0.717) is 0 Å². The maximum atomic E-state index is 3.15. The second-order valence-electron chi connectivity index (χ2n) is 3.69. The molecule has 1 rings (SSSR count). The number of nitrogens with zero attached hydrogens (tertiary/aromatic N) is 1. The Labute approximate surface area is 86.9 Å². The second kappa shape index (κ2) is 5.66.